The molecule has 2 saturated carbocycles. The number of benzene rings is 3. The molecule has 4 aliphatic rings. The Labute approximate surface area is 464 Å². The Bertz CT molecular complexity index is 2870. The normalized spacial score (nSPS) is 28.2. The van der Waals surface area contributed by atoms with Crippen molar-refractivity contribution in [3.8, 4) is 0 Å². The van der Waals surface area contributed by atoms with E-state index in [1.54, 1.807) is 95.3 Å². The number of rotatable bonds is 19. The Hall–Kier alpha value is -5.61. The number of amides is 1. The molecule has 8 rings (SSSR count). The first-order valence-electron chi connectivity index (χ1n) is 27.2. The Morgan fingerprint density at radius 3 is 1.96 bits per heavy atom. The summed E-state index contributed by atoms with van der Waals surface area (Å²) >= 11 is 1.34. The van der Waals surface area contributed by atoms with Crippen LogP contribution in [-0.2, 0) is 51.7 Å². The molecule has 18 heteroatoms. The Kier molecular flexibility index (Phi) is 17.2. The molecule has 2 heterocycles. The van der Waals surface area contributed by atoms with Crippen molar-refractivity contribution in [3.63, 3.8) is 0 Å². The number of esters is 4. The standard InChI is InChI=1S/C60H75NO14SSi2/c1-12-46(63)71-49-47-37(5)42(70-56(67)50(75-78(13-2,14-3)15-4)48(43-32-25-33-76-43)61-54(65)39-26-19-16-20-27-39)35-60(68,57(47,7)8)53(72-55(66)40-28-21-17-22-29-40)51-58(9,52(49)64)44(34-45-59(51,36-69-45)73-38(6)62)74-77(10,11)41-30-23-18-24-31-41/h16-33,42,44-45,48-51,53,68H,12-15,34-36H2,1-11H3,(H,61,65)/t42-,44-,45+,48-,49+,50+,51?,53-,58+,59-,60+/m0/s1. The van der Waals surface area contributed by atoms with Crippen LogP contribution in [0.3, 0.4) is 0 Å². The predicted molar refractivity (Wildman–Crippen MR) is 299 cm³/mol. The van der Waals surface area contributed by atoms with Crippen LogP contribution in [0.25, 0.3) is 0 Å². The lowest BCUT2D eigenvalue weighted by Gasteiger charge is -2.68. The summed E-state index contributed by atoms with van der Waals surface area (Å²) in [6, 6.07) is 31.0. The molecule has 0 radical (unpaired) electrons. The molecule has 4 aromatic rings. The molecule has 1 aliphatic heterocycles. The van der Waals surface area contributed by atoms with E-state index in [4.69, 9.17) is 32.5 Å². The predicted octanol–water partition coefficient (Wildman–Crippen LogP) is 9.35. The fourth-order valence-corrected chi connectivity index (χ4v) is 18.5. The van der Waals surface area contributed by atoms with Crippen LogP contribution in [0.4, 0.5) is 0 Å². The van der Waals surface area contributed by atoms with Gasteiger partial charge in [-0.3, -0.25) is 19.2 Å². The first-order chi connectivity index (χ1) is 37.0. The summed E-state index contributed by atoms with van der Waals surface area (Å²) in [4.78, 5) is 89.9. The molecule has 0 spiro atoms. The highest BCUT2D eigenvalue weighted by molar-refractivity contribution is 7.10. The highest BCUT2D eigenvalue weighted by Crippen LogP contribution is 2.65. The molecule has 2 N–H and O–H groups in total. The topological polar surface area (TPSA) is 199 Å². The van der Waals surface area contributed by atoms with Crippen molar-refractivity contribution in [2.45, 2.75) is 167 Å². The lowest BCUT2D eigenvalue weighted by molar-refractivity contribution is -0.344. The van der Waals surface area contributed by atoms with Gasteiger partial charge in [-0.05, 0) is 97.1 Å². The SMILES string of the molecule is CCC(=O)O[C@H]1C(=O)[C@@]2(C)C([C@H](OC(=O)c3ccccc3)[C@]3(O)C[C@H](OC(=O)[C@H](O[Si](CC)(CC)CC)[C@@H](NC(=O)c4ccccc4)c4cccs4)C(C)=C1C3(C)C)[C@]1(OC(C)=O)CO[C@@H]1C[C@@H]2O[Si](C)(C)c1ccccc1. The van der Waals surface area contributed by atoms with Gasteiger partial charge in [-0.2, -0.15) is 0 Å². The minimum absolute atomic E-state index is 0.0366. The van der Waals surface area contributed by atoms with Gasteiger partial charge >= 0.3 is 23.9 Å². The van der Waals surface area contributed by atoms with E-state index in [0.29, 0.717) is 34.1 Å². The van der Waals surface area contributed by atoms with Gasteiger partial charge in [0.15, 0.2) is 31.9 Å². The van der Waals surface area contributed by atoms with E-state index >= 15 is 9.59 Å². The van der Waals surface area contributed by atoms with Crippen molar-refractivity contribution in [3.05, 3.63) is 136 Å². The van der Waals surface area contributed by atoms with Crippen molar-refractivity contribution in [1.29, 1.82) is 0 Å². The summed E-state index contributed by atoms with van der Waals surface area (Å²) in [7, 11) is -5.76. The highest BCUT2D eigenvalue weighted by Gasteiger charge is 2.79. The molecular weight excluding hydrogens is 1050 g/mol. The lowest BCUT2D eigenvalue weighted by Crippen LogP contribution is -2.82. The van der Waals surface area contributed by atoms with Gasteiger partial charge in [-0.1, -0.05) is 114 Å². The van der Waals surface area contributed by atoms with E-state index in [-0.39, 0.29) is 30.6 Å². The Morgan fingerprint density at radius 2 is 1.42 bits per heavy atom. The van der Waals surface area contributed by atoms with E-state index in [9.17, 15) is 24.3 Å². The van der Waals surface area contributed by atoms with E-state index in [0.717, 1.165) is 5.19 Å². The summed E-state index contributed by atoms with van der Waals surface area (Å²) in [5.74, 6) is -5.71. The van der Waals surface area contributed by atoms with E-state index in [2.05, 4.69) is 5.32 Å². The van der Waals surface area contributed by atoms with Crippen LogP contribution in [0.5, 0.6) is 0 Å². The molecule has 1 unspecified atom stereocenters. The van der Waals surface area contributed by atoms with Crippen molar-refractivity contribution in [2.24, 2.45) is 16.7 Å². The molecule has 3 aliphatic carbocycles. The fourth-order valence-electron chi connectivity index (χ4n) is 12.8. The van der Waals surface area contributed by atoms with Gasteiger partial charge in [0.05, 0.1) is 35.6 Å². The highest BCUT2D eigenvalue weighted by atomic mass is 32.1. The minimum atomic E-state index is -3.01. The minimum Gasteiger partial charge on any atom is -0.456 e. The maximum Gasteiger partial charge on any atom is 0.338 e. The number of hydrogen-bond donors (Lipinski definition) is 2. The zero-order chi connectivity index (χ0) is 56.6. The van der Waals surface area contributed by atoms with Crippen LogP contribution in [0.1, 0.15) is 113 Å². The largest absolute Gasteiger partial charge is 0.456 e. The zero-order valence-electron chi connectivity index (χ0n) is 46.6. The van der Waals surface area contributed by atoms with Crippen molar-refractivity contribution < 1.29 is 66.4 Å². The van der Waals surface area contributed by atoms with Gasteiger partial charge in [0.25, 0.3) is 5.91 Å². The van der Waals surface area contributed by atoms with Crippen molar-refractivity contribution >= 4 is 68.7 Å². The summed E-state index contributed by atoms with van der Waals surface area (Å²) in [5, 5.41) is 20.4. The van der Waals surface area contributed by atoms with E-state index < -0.39 is 129 Å². The summed E-state index contributed by atoms with van der Waals surface area (Å²) in [6.45, 7) is 19.4. The number of ketones is 1. The second-order valence-electron chi connectivity index (χ2n) is 22.5. The number of thiophene rings is 1. The number of hydrogen-bond acceptors (Lipinski definition) is 15. The van der Waals surface area contributed by atoms with Gasteiger partial charge in [0.2, 0.25) is 8.32 Å². The second-order valence-corrected chi connectivity index (χ2v) is 32.0. The maximum absolute atomic E-state index is 16.8. The smallest absolute Gasteiger partial charge is 0.338 e. The monoisotopic (exact) mass is 1120 g/mol. The summed E-state index contributed by atoms with van der Waals surface area (Å²) in [5.41, 5.74) is -6.65. The molecule has 3 fully saturated rings. The van der Waals surface area contributed by atoms with Gasteiger partial charge in [0, 0.05) is 42.0 Å². The third kappa shape index (κ3) is 10.5. The third-order valence-electron chi connectivity index (χ3n) is 17.6. The number of fused-ring (bicyclic) bond motifs is 5. The van der Waals surface area contributed by atoms with Crippen LogP contribution in [0.2, 0.25) is 31.2 Å². The van der Waals surface area contributed by atoms with Crippen molar-refractivity contribution in [2.75, 3.05) is 6.61 Å². The first kappa shape index (κ1) is 58.5. The average Bonchev–Trinajstić information content (AvgIpc) is 3.92. The lowest BCUT2D eigenvalue weighted by atomic mass is 9.44. The maximum atomic E-state index is 16.8. The molecular formula is C60H75NO14SSi2. The number of nitrogens with one attached hydrogen (secondary N) is 1. The molecule has 1 saturated heterocycles. The average molecular weight is 1120 g/mol. The van der Waals surface area contributed by atoms with Crippen molar-refractivity contribution in [1.82, 2.24) is 5.32 Å². The fraction of sp³-hybridized carbons (Fsp3) is 0.500. The number of aliphatic hydroxyl groups is 1. The second kappa shape index (κ2) is 22.9. The van der Waals surface area contributed by atoms with E-state index in [1.165, 1.54) is 18.3 Å². The van der Waals surface area contributed by atoms with Crippen LogP contribution < -0.4 is 10.5 Å². The van der Waals surface area contributed by atoms with Crippen LogP contribution in [0.15, 0.2) is 120 Å². The number of Topliss-reactive ketones (excluding diaryl/α,β-unsaturated/α-hetero) is 1. The quantitative estimate of drug-likeness (QED) is 0.0390. The summed E-state index contributed by atoms with van der Waals surface area (Å²) in [6.07, 6.45) is -8.84. The van der Waals surface area contributed by atoms with Gasteiger partial charge in [0.1, 0.15) is 23.9 Å². The molecule has 418 valence electrons. The molecule has 78 heavy (non-hydrogen) atoms. The molecule has 2 bridgehead atoms. The van der Waals surface area contributed by atoms with Gasteiger partial charge in [-0.15, -0.1) is 11.3 Å². The van der Waals surface area contributed by atoms with Crippen LogP contribution in [0, 0.1) is 16.7 Å². The molecule has 3 aromatic carbocycles. The first-order valence-corrected chi connectivity index (χ1v) is 33.5. The van der Waals surface area contributed by atoms with Crippen LogP contribution in [-0.4, -0.2) is 112 Å². The Balaban J connectivity index is 1.36. The number of carbonyl (C=O) groups excluding carboxylic acids is 6. The summed E-state index contributed by atoms with van der Waals surface area (Å²) < 4.78 is 47.3. The third-order valence-corrected chi connectivity index (χ3v) is 25.8. The molecule has 15 nitrogen and oxygen atoms in total. The molecule has 1 aromatic heterocycles. The van der Waals surface area contributed by atoms with Gasteiger partial charge in [-0.25, -0.2) is 9.59 Å². The van der Waals surface area contributed by atoms with Gasteiger partial charge < -0.3 is 43.0 Å². The molecule has 11 atom stereocenters. The van der Waals surface area contributed by atoms with Crippen LogP contribution >= 0.6 is 11.3 Å². The zero-order valence-corrected chi connectivity index (χ0v) is 49.4. The number of carbonyl (C=O) groups is 6. The van der Waals surface area contributed by atoms with E-state index in [1.807, 2.05) is 81.7 Å². The Morgan fingerprint density at radius 1 is 0.821 bits per heavy atom. The molecule has 1 amide bonds. The number of ether oxygens (including phenoxy) is 5.